The fourth-order valence-corrected chi connectivity index (χ4v) is 2.90. The maximum absolute atomic E-state index is 12.7. The monoisotopic (exact) mass is 269 g/mol. The average molecular weight is 269 g/mol. The van der Waals surface area contributed by atoms with Crippen LogP contribution < -0.4 is 5.32 Å². The molecule has 2 atom stereocenters. The minimum Gasteiger partial charge on any atom is -0.377 e. The lowest BCUT2D eigenvalue weighted by atomic mass is 10.1. The lowest BCUT2D eigenvalue weighted by Gasteiger charge is -2.19. The third kappa shape index (κ3) is 4.26. The van der Waals surface area contributed by atoms with E-state index in [0.717, 1.165) is 23.8 Å². The van der Waals surface area contributed by atoms with Gasteiger partial charge in [0.05, 0.1) is 6.10 Å². The van der Waals surface area contributed by atoms with Gasteiger partial charge in [0.15, 0.2) is 0 Å². The van der Waals surface area contributed by atoms with Crippen molar-refractivity contribution in [2.24, 2.45) is 0 Å². The summed E-state index contributed by atoms with van der Waals surface area (Å²) in [6, 6.07) is 7.07. The molecule has 1 aromatic rings. The first-order chi connectivity index (χ1) is 8.75. The molecular formula is C14H20FNOS. The molecule has 18 heavy (non-hydrogen) atoms. The molecule has 0 spiro atoms. The maximum Gasteiger partial charge on any atom is 0.123 e. The number of halogens is 1. The van der Waals surface area contributed by atoms with Gasteiger partial charge in [0.1, 0.15) is 5.82 Å². The first-order valence-corrected chi connectivity index (χ1v) is 7.47. The Morgan fingerprint density at radius 1 is 1.44 bits per heavy atom. The Balaban J connectivity index is 1.62. The van der Waals surface area contributed by atoms with Crippen molar-refractivity contribution in [3.8, 4) is 0 Å². The Bertz CT molecular complexity index is 351. The van der Waals surface area contributed by atoms with Crippen LogP contribution in [0.15, 0.2) is 29.2 Å². The number of rotatable bonds is 6. The SMILES string of the molecule is CC(NCCSc1ccc(F)cc1)C1CCCO1. The van der Waals surface area contributed by atoms with E-state index >= 15 is 0 Å². The Labute approximate surface area is 112 Å². The van der Waals surface area contributed by atoms with Gasteiger partial charge in [-0.25, -0.2) is 4.39 Å². The van der Waals surface area contributed by atoms with Gasteiger partial charge in [0.25, 0.3) is 0 Å². The fraction of sp³-hybridized carbons (Fsp3) is 0.571. The highest BCUT2D eigenvalue weighted by molar-refractivity contribution is 7.99. The van der Waals surface area contributed by atoms with Gasteiger partial charge < -0.3 is 10.1 Å². The summed E-state index contributed by atoms with van der Waals surface area (Å²) in [4.78, 5) is 1.11. The predicted molar refractivity (Wildman–Crippen MR) is 73.6 cm³/mol. The van der Waals surface area contributed by atoms with Crippen LogP contribution in [-0.2, 0) is 4.74 Å². The van der Waals surface area contributed by atoms with Gasteiger partial charge in [-0.2, -0.15) is 0 Å². The molecule has 0 bridgehead atoms. The van der Waals surface area contributed by atoms with Gasteiger partial charge in [-0.3, -0.25) is 0 Å². The van der Waals surface area contributed by atoms with Crippen LogP contribution >= 0.6 is 11.8 Å². The molecular weight excluding hydrogens is 249 g/mol. The van der Waals surface area contributed by atoms with Crippen LogP contribution in [0.25, 0.3) is 0 Å². The second-order valence-corrected chi connectivity index (χ2v) is 5.76. The average Bonchev–Trinajstić information content (AvgIpc) is 2.90. The van der Waals surface area contributed by atoms with E-state index < -0.39 is 0 Å². The van der Waals surface area contributed by atoms with E-state index in [1.54, 1.807) is 11.8 Å². The summed E-state index contributed by atoms with van der Waals surface area (Å²) in [5.74, 6) is 0.812. The maximum atomic E-state index is 12.7. The third-order valence-corrected chi connectivity index (χ3v) is 4.19. The molecule has 1 fully saturated rings. The van der Waals surface area contributed by atoms with Gasteiger partial charge in [0, 0.05) is 29.8 Å². The largest absolute Gasteiger partial charge is 0.377 e. The van der Waals surface area contributed by atoms with Crippen LogP contribution in [0, 0.1) is 5.82 Å². The third-order valence-electron chi connectivity index (χ3n) is 3.17. The molecule has 0 amide bonds. The molecule has 0 saturated carbocycles. The van der Waals surface area contributed by atoms with Crippen LogP contribution in [0.4, 0.5) is 4.39 Å². The lowest BCUT2D eigenvalue weighted by molar-refractivity contribution is 0.0844. The molecule has 2 unspecified atom stereocenters. The van der Waals surface area contributed by atoms with Crippen molar-refractivity contribution < 1.29 is 9.13 Å². The molecule has 100 valence electrons. The van der Waals surface area contributed by atoms with E-state index in [9.17, 15) is 4.39 Å². The zero-order chi connectivity index (χ0) is 12.8. The summed E-state index contributed by atoms with van der Waals surface area (Å²) in [6.07, 6.45) is 2.72. The van der Waals surface area contributed by atoms with E-state index in [4.69, 9.17) is 4.74 Å². The summed E-state index contributed by atoms with van der Waals surface area (Å²) in [5, 5.41) is 3.49. The van der Waals surface area contributed by atoms with E-state index in [1.807, 2.05) is 12.1 Å². The van der Waals surface area contributed by atoms with Gasteiger partial charge >= 0.3 is 0 Å². The fourth-order valence-electron chi connectivity index (χ4n) is 2.11. The molecule has 0 aliphatic carbocycles. The molecule has 1 heterocycles. The number of hydrogen-bond acceptors (Lipinski definition) is 3. The van der Waals surface area contributed by atoms with E-state index in [1.165, 1.54) is 25.0 Å². The Kier molecular flexibility index (Phi) is 5.47. The molecule has 2 rings (SSSR count). The zero-order valence-corrected chi connectivity index (χ0v) is 11.5. The summed E-state index contributed by atoms with van der Waals surface area (Å²) in [5.41, 5.74) is 0. The molecule has 2 nitrogen and oxygen atoms in total. The second-order valence-electron chi connectivity index (χ2n) is 4.60. The minimum atomic E-state index is -0.176. The highest BCUT2D eigenvalue weighted by atomic mass is 32.2. The number of nitrogens with one attached hydrogen (secondary N) is 1. The van der Waals surface area contributed by atoms with Crippen molar-refractivity contribution in [1.29, 1.82) is 0 Å². The zero-order valence-electron chi connectivity index (χ0n) is 10.7. The highest BCUT2D eigenvalue weighted by Gasteiger charge is 2.21. The molecule has 1 aliphatic rings. The van der Waals surface area contributed by atoms with Crippen LogP contribution in [0.5, 0.6) is 0 Å². The first kappa shape index (κ1) is 13.8. The van der Waals surface area contributed by atoms with Crippen molar-refractivity contribution in [3.05, 3.63) is 30.1 Å². The second kappa shape index (κ2) is 7.12. The first-order valence-electron chi connectivity index (χ1n) is 6.49. The molecule has 1 saturated heterocycles. The van der Waals surface area contributed by atoms with Crippen molar-refractivity contribution in [3.63, 3.8) is 0 Å². The van der Waals surface area contributed by atoms with Gasteiger partial charge in [-0.05, 0) is 44.0 Å². The Hall–Kier alpha value is -0.580. The standard InChI is InChI=1S/C14H20FNOS/c1-11(14-3-2-9-17-14)16-8-10-18-13-6-4-12(15)5-7-13/h4-7,11,14,16H,2-3,8-10H2,1H3. The molecule has 0 radical (unpaired) electrons. The van der Waals surface area contributed by atoms with Crippen LogP contribution in [-0.4, -0.2) is 31.1 Å². The van der Waals surface area contributed by atoms with Gasteiger partial charge in [0.2, 0.25) is 0 Å². The minimum absolute atomic E-state index is 0.176. The van der Waals surface area contributed by atoms with Crippen molar-refractivity contribution in [1.82, 2.24) is 5.32 Å². The van der Waals surface area contributed by atoms with Crippen LogP contribution in [0.2, 0.25) is 0 Å². The highest BCUT2D eigenvalue weighted by Crippen LogP contribution is 2.18. The summed E-state index contributed by atoms with van der Waals surface area (Å²) >= 11 is 1.74. The molecule has 1 aliphatic heterocycles. The quantitative estimate of drug-likeness (QED) is 0.633. The topological polar surface area (TPSA) is 21.3 Å². The number of ether oxygens (including phenoxy) is 1. The lowest BCUT2D eigenvalue weighted by Crippen LogP contribution is -2.38. The van der Waals surface area contributed by atoms with Crippen LogP contribution in [0.3, 0.4) is 0 Å². The Morgan fingerprint density at radius 3 is 2.89 bits per heavy atom. The van der Waals surface area contributed by atoms with E-state index in [-0.39, 0.29) is 5.82 Å². The van der Waals surface area contributed by atoms with Gasteiger partial charge in [-0.1, -0.05) is 0 Å². The number of hydrogen-bond donors (Lipinski definition) is 1. The Morgan fingerprint density at radius 2 is 2.22 bits per heavy atom. The molecule has 1 N–H and O–H groups in total. The number of thioether (sulfide) groups is 1. The summed E-state index contributed by atoms with van der Waals surface area (Å²) in [6.45, 7) is 4.03. The predicted octanol–water partition coefficient (Wildman–Crippen LogP) is 3.07. The van der Waals surface area contributed by atoms with E-state index in [0.29, 0.717) is 12.1 Å². The van der Waals surface area contributed by atoms with Crippen molar-refractivity contribution >= 4 is 11.8 Å². The normalized spacial score (nSPS) is 21.1. The van der Waals surface area contributed by atoms with Gasteiger partial charge in [-0.15, -0.1) is 11.8 Å². The summed E-state index contributed by atoms with van der Waals surface area (Å²) in [7, 11) is 0. The molecule has 1 aromatic carbocycles. The summed E-state index contributed by atoms with van der Waals surface area (Å²) < 4.78 is 18.4. The molecule has 0 aromatic heterocycles. The smallest absolute Gasteiger partial charge is 0.123 e. The van der Waals surface area contributed by atoms with E-state index in [2.05, 4.69) is 12.2 Å². The number of benzene rings is 1. The van der Waals surface area contributed by atoms with Crippen molar-refractivity contribution in [2.45, 2.75) is 36.8 Å². The van der Waals surface area contributed by atoms with Crippen LogP contribution in [0.1, 0.15) is 19.8 Å². The van der Waals surface area contributed by atoms with Crippen molar-refractivity contribution in [2.75, 3.05) is 18.9 Å². The molecule has 4 heteroatoms.